The van der Waals surface area contributed by atoms with Crippen LogP contribution in [0, 0.1) is 0 Å². The van der Waals surface area contributed by atoms with E-state index in [4.69, 9.17) is 9.47 Å². The highest BCUT2D eigenvalue weighted by Crippen LogP contribution is 2.35. The number of carboxylic acid groups (broad SMARTS) is 1. The molecule has 0 radical (unpaired) electrons. The number of para-hydroxylation sites is 1. The minimum atomic E-state index is -0.853. The van der Waals surface area contributed by atoms with Crippen LogP contribution in [-0.4, -0.2) is 24.3 Å². The van der Waals surface area contributed by atoms with Gasteiger partial charge < -0.3 is 14.6 Å². The van der Waals surface area contributed by atoms with Crippen molar-refractivity contribution in [2.24, 2.45) is 0 Å². The molecule has 1 unspecified atom stereocenters. The van der Waals surface area contributed by atoms with Gasteiger partial charge in [0, 0.05) is 0 Å². The number of aliphatic carboxylic acids is 1. The van der Waals surface area contributed by atoms with Crippen molar-refractivity contribution in [1.29, 1.82) is 0 Å². The first-order chi connectivity index (χ1) is 11.0. The molecule has 0 spiro atoms. The summed E-state index contributed by atoms with van der Waals surface area (Å²) in [5.74, 6) is -0.242. The van der Waals surface area contributed by atoms with Gasteiger partial charge in [0.2, 0.25) is 0 Å². The Bertz CT molecular complexity index is 650. The van der Waals surface area contributed by atoms with E-state index in [1.54, 1.807) is 7.11 Å². The highest BCUT2D eigenvalue weighted by atomic mass is 16.5. The Labute approximate surface area is 136 Å². The molecular weight excluding hydrogens is 292 g/mol. The summed E-state index contributed by atoms with van der Waals surface area (Å²) in [6, 6.07) is 14.8. The van der Waals surface area contributed by atoms with Crippen LogP contribution in [0.25, 0.3) is 0 Å². The average Bonchev–Trinajstić information content (AvgIpc) is 2.52. The maximum Gasteiger partial charge on any atom is 0.311 e. The van der Waals surface area contributed by atoms with Crippen LogP contribution in [0.3, 0.4) is 0 Å². The molecule has 2 aromatic rings. The van der Waals surface area contributed by atoms with Crippen molar-refractivity contribution in [2.45, 2.75) is 32.3 Å². The quantitative estimate of drug-likeness (QED) is 0.842. The summed E-state index contributed by atoms with van der Waals surface area (Å²) in [6.07, 6.45) is 0.362. The highest BCUT2D eigenvalue weighted by molar-refractivity contribution is 5.76. The second-order valence-electron chi connectivity index (χ2n) is 5.62. The zero-order valence-electron chi connectivity index (χ0n) is 13.7. The van der Waals surface area contributed by atoms with Gasteiger partial charge in [0.05, 0.1) is 19.1 Å². The zero-order valence-corrected chi connectivity index (χ0v) is 13.7. The monoisotopic (exact) mass is 314 g/mol. The van der Waals surface area contributed by atoms with Gasteiger partial charge >= 0.3 is 5.97 Å². The van der Waals surface area contributed by atoms with Crippen molar-refractivity contribution in [1.82, 2.24) is 0 Å². The van der Waals surface area contributed by atoms with E-state index in [9.17, 15) is 9.90 Å². The third-order valence-corrected chi connectivity index (χ3v) is 3.55. The average molecular weight is 314 g/mol. The van der Waals surface area contributed by atoms with Gasteiger partial charge in [-0.15, -0.1) is 0 Å². The standard InChI is InChI=1S/C19H22O4/c1-13(2)23-17-11-7-10-15(18(17)22-3)12-16(19(20)21)14-8-5-4-6-9-14/h4-11,13,16H,12H2,1-3H3,(H,20,21). The number of hydrogen-bond donors (Lipinski definition) is 1. The Hall–Kier alpha value is -2.49. The minimum absolute atomic E-state index is 0.0172. The summed E-state index contributed by atoms with van der Waals surface area (Å²) < 4.78 is 11.2. The van der Waals surface area contributed by atoms with Gasteiger partial charge in [0.25, 0.3) is 0 Å². The molecule has 122 valence electrons. The summed E-state index contributed by atoms with van der Waals surface area (Å²) >= 11 is 0. The van der Waals surface area contributed by atoms with Crippen molar-refractivity contribution in [3.05, 3.63) is 59.7 Å². The third kappa shape index (κ3) is 4.25. The van der Waals surface area contributed by atoms with E-state index >= 15 is 0 Å². The molecule has 4 heteroatoms. The summed E-state index contributed by atoms with van der Waals surface area (Å²) in [7, 11) is 1.57. The lowest BCUT2D eigenvalue weighted by Gasteiger charge is -2.19. The van der Waals surface area contributed by atoms with E-state index in [0.717, 1.165) is 11.1 Å². The van der Waals surface area contributed by atoms with Crippen LogP contribution in [0.15, 0.2) is 48.5 Å². The Morgan fingerprint density at radius 3 is 2.35 bits per heavy atom. The molecule has 0 aliphatic carbocycles. The number of hydrogen-bond acceptors (Lipinski definition) is 3. The van der Waals surface area contributed by atoms with Crippen LogP contribution >= 0.6 is 0 Å². The number of carboxylic acids is 1. The van der Waals surface area contributed by atoms with E-state index in [2.05, 4.69) is 0 Å². The lowest BCUT2D eigenvalue weighted by molar-refractivity contribution is -0.138. The summed E-state index contributed by atoms with van der Waals surface area (Å²) in [5, 5.41) is 9.59. The molecule has 4 nitrogen and oxygen atoms in total. The molecule has 2 rings (SSSR count). The van der Waals surface area contributed by atoms with Crippen LogP contribution in [-0.2, 0) is 11.2 Å². The smallest absolute Gasteiger partial charge is 0.311 e. The number of carbonyl (C=O) groups is 1. The Balaban J connectivity index is 2.35. The molecule has 0 aliphatic rings. The number of rotatable bonds is 7. The molecule has 0 amide bonds. The third-order valence-electron chi connectivity index (χ3n) is 3.55. The maximum absolute atomic E-state index is 11.7. The summed E-state index contributed by atoms with van der Waals surface area (Å²) in [5.41, 5.74) is 1.60. The number of ether oxygens (including phenoxy) is 2. The van der Waals surface area contributed by atoms with Gasteiger partial charge in [-0.25, -0.2) is 0 Å². The highest BCUT2D eigenvalue weighted by Gasteiger charge is 2.23. The predicted molar refractivity (Wildman–Crippen MR) is 89.3 cm³/mol. The van der Waals surface area contributed by atoms with E-state index in [1.165, 1.54) is 0 Å². The summed E-state index contributed by atoms with van der Waals surface area (Å²) in [4.78, 5) is 11.7. The normalized spacial score (nSPS) is 12.0. The van der Waals surface area contributed by atoms with Crippen LogP contribution in [0.5, 0.6) is 11.5 Å². The molecule has 0 heterocycles. The van der Waals surface area contributed by atoms with Gasteiger partial charge in [-0.2, -0.15) is 0 Å². The second-order valence-corrected chi connectivity index (χ2v) is 5.62. The first-order valence-corrected chi connectivity index (χ1v) is 7.63. The van der Waals surface area contributed by atoms with E-state index in [0.29, 0.717) is 17.9 Å². The second kappa shape index (κ2) is 7.68. The van der Waals surface area contributed by atoms with Crippen LogP contribution in [0.4, 0.5) is 0 Å². The molecule has 0 saturated carbocycles. The first-order valence-electron chi connectivity index (χ1n) is 7.63. The fraction of sp³-hybridized carbons (Fsp3) is 0.316. The largest absolute Gasteiger partial charge is 0.493 e. The van der Waals surface area contributed by atoms with Crippen molar-refractivity contribution in [3.63, 3.8) is 0 Å². The van der Waals surface area contributed by atoms with Crippen LogP contribution < -0.4 is 9.47 Å². The van der Waals surface area contributed by atoms with Gasteiger partial charge in [0.15, 0.2) is 11.5 Å². The van der Waals surface area contributed by atoms with Crippen molar-refractivity contribution >= 4 is 5.97 Å². The van der Waals surface area contributed by atoms with Crippen molar-refractivity contribution in [3.8, 4) is 11.5 Å². The van der Waals surface area contributed by atoms with Crippen molar-refractivity contribution in [2.75, 3.05) is 7.11 Å². The lowest BCUT2D eigenvalue weighted by atomic mass is 9.91. The van der Waals surface area contributed by atoms with Crippen LogP contribution in [0.2, 0.25) is 0 Å². The minimum Gasteiger partial charge on any atom is -0.493 e. The Morgan fingerprint density at radius 1 is 1.09 bits per heavy atom. The summed E-state index contributed by atoms with van der Waals surface area (Å²) in [6.45, 7) is 3.88. The number of methoxy groups -OCH3 is 1. The van der Waals surface area contributed by atoms with E-state index < -0.39 is 11.9 Å². The Kier molecular flexibility index (Phi) is 5.63. The van der Waals surface area contributed by atoms with Gasteiger partial charge in [-0.05, 0) is 37.5 Å². The van der Waals surface area contributed by atoms with Gasteiger partial charge in [-0.1, -0.05) is 42.5 Å². The lowest BCUT2D eigenvalue weighted by Crippen LogP contribution is -2.15. The molecule has 0 fully saturated rings. The molecule has 1 N–H and O–H groups in total. The molecule has 2 aromatic carbocycles. The van der Waals surface area contributed by atoms with Gasteiger partial charge in [-0.3, -0.25) is 4.79 Å². The van der Waals surface area contributed by atoms with Gasteiger partial charge in [0.1, 0.15) is 0 Å². The molecule has 0 saturated heterocycles. The fourth-order valence-electron chi connectivity index (χ4n) is 2.55. The number of benzene rings is 2. The molecule has 0 aliphatic heterocycles. The molecule has 0 bridgehead atoms. The van der Waals surface area contributed by atoms with Crippen molar-refractivity contribution < 1.29 is 19.4 Å². The SMILES string of the molecule is COc1c(CC(C(=O)O)c2ccccc2)cccc1OC(C)C. The topological polar surface area (TPSA) is 55.8 Å². The molecule has 1 atom stereocenters. The molecule has 23 heavy (non-hydrogen) atoms. The Morgan fingerprint density at radius 2 is 1.78 bits per heavy atom. The molecular formula is C19H22O4. The predicted octanol–water partition coefficient (Wildman–Crippen LogP) is 3.89. The first kappa shape index (κ1) is 16.9. The van der Waals surface area contributed by atoms with Crippen LogP contribution in [0.1, 0.15) is 30.9 Å². The van der Waals surface area contributed by atoms with E-state index in [1.807, 2.05) is 62.4 Å². The molecule has 0 aromatic heterocycles. The maximum atomic E-state index is 11.7. The fourth-order valence-corrected chi connectivity index (χ4v) is 2.55. The van der Waals surface area contributed by atoms with E-state index in [-0.39, 0.29) is 6.10 Å². The zero-order chi connectivity index (χ0) is 16.8.